The van der Waals surface area contributed by atoms with E-state index in [1.165, 1.54) is 10.6 Å². The van der Waals surface area contributed by atoms with E-state index in [1.54, 1.807) is 25.3 Å². The van der Waals surface area contributed by atoms with Gasteiger partial charge in [-0.05, 0) is 44.5 Å². The van der Waals surface area contributed by atoms with Crippen LogP contribution in [0.1, 0.15) is 35.3 Å². The van der Waals surface area contributed by atoms with Crippen molar-refractivity contribution in [2.75, 3.05) is 23.7 Å². The Labute approximate surface area is 167 Å². The lowest BCUT2D eigenvalue weighted by Crippen LogP contribution is -2.34. The van der Waals surface area contributed by atoms with Crippen LogP contribution in [0.2, 0.25) is 0 Å². The number of hydrogen-bond donors (Lipinski definition) is 2. The predicted molar refractivity (Wildman–Crippen MR) is 108 cm³/mol. The van der Waals surface area contributed by atoms with Gasteiger partial charge >= 0.3 is 0 Å². The summed E-state index contributed by atoms with van der Waals surface area (Å²) in [6.45, 7) is 6.85. The first kappa shape index (κ1) is 19.0. The van der Waals surface area contributed by atoms with Crippen molar-refractivity contribution < 1.29 is 13.9 Å². The van der Waals surface area contributed by atoms with Crippen LogP contribution in [0.15, 0.2) is 24.4 Å². The largest absolute Gasteiger partial charge is 0.489 e. The van der Waals surface area contributed by atoms with Crippen molar-refractivity contribution in [1.29, 1.82) is 0 Å². The Morgan fingerprint density at radius 1 is 1.38 bits per heavy atom. The van der Waals surface area contributed by atoms with Crippen molar-refractivity contribution in [3.8, 4) is 5.75 Å². The van der Waals surface area contributed by atoms with Crippen molar-refractivity contribution in [1.82, 2.24) is 19.9 Å². The molecule has 2 bridgehead atoms. The van der Waals surface area contributed by atoms with Gasteiger partial charge in [0.25, 0.3) is 5.91 Å². The Morgan fingerprint density at radius 2 is 2.17 bits per heavy atom. The third kappa shape index (κ3) is 3.32. The number of nitrogens with zero attached hydrogens (tertiary/aromatic N) is 4. The Morgan fingerprint density at radius 3 is 2.93 bits per heavy atom. The first-order valence-electron chi connectivity index (χ1n) is 9.51. The summed E-state index contributed by atoms with van der Waals surface area (Å²) in [5.41, 5.74) is 7.87. The molecule has 3 N–H and O–H groups in total. The molecule has 152 valence electrons. The summed E-state index contributed by atoms with van der Waals surface area (Å²) in [6.07, 6.45) is 1.38. The minimum absolute atomic E-state index is 0.111. The van der Waals surface area contributed by atoms with Crippen molar-refractivity contribution >= 4 is 23.2 Å². The van der Waals surface area contributed by atoms with Gasteiger partial charge in [0, 0.05) is 24.8 Å². The van der Waals surface area contributed by atoms with Crippen LogP contribution in [0.25, 0.3) is 5.65 Å². The molecule has 0 aliphatic carbocycles. The second-order valence-electron chi connectivity index (χ2n) is 7.12. The number of nitrogens with one attached hydrogen (secondary N) is 1. The maximum absolute atomic E-state index is 14.3. The number of rotatable bonds is 1. The number of amides is 1. The van der Waals surface area contributed by atoms with Gasteiger partial charge in [-0.2, -0.15) is 0 Å². The number of fused-ring (bicyclic) bond motifs is 2. The summed E-state index contributed by atoms with van der Waals surface area (Å²) in [7, 11) is 0. The van der Waals surface area contributed by atoms with Gasteiger partial charge in [-0.3, -0.25) is 4.79 Å². The summed E-state index contributed by atoms with van der Waals surface area (Å²) >= 11 is 0. The lowest BCUT2D eigenvalue weighted by Gasteiger charge is -2.25. The van der Waals surface area contributed by atoms with Gasteiger partial charge in [-0.25, -0.2) is 13.9 Å². The van der Waals surface area contributed by atoms with Gasteiger partial charge in [-0.1, -0.05) is 0 Å². The molecular weight excluding hydrogens is 375 g/mol. The van der Waals surface area contributed by atoms with Gasteiger partial charge in [-0.15, -0.1) is 5.10 Å². The normalized spacial score (nSPS) is 17.2. The van der Waals surface area contributed by atoms with Gasteiger partial charge in [0.15, 0.2) is 11.5 Å². The Bertz CT molecular complexity index is 1100. The number of ether oxygens (including phenoxy) is 1. The number of carbonyl (C=O) groups excluding carboxylic acids is 1. The van der Waals surface area contributed by atoms with E-state index in [1.807, 2.05) is 18.7 Å². The van der Waals surface area contributed by atoms with Crippen LogP contribution >= 0.6 is 0 Å². The first-order chi connectivity index (χ1) is 13.9. The smallest absolute Gasteiger partial charge is 0.259 e. The number of nitrogens with two attached hydrogens (primary N) is 1. The molecule has 0 spiro atoms. The number of halogens is 1. The zero-order valence-corrected chi connectivity index (χ0v) is 16.6. The van der Waals surface area contributed by atoms with Crippen molar-refractivity contribution in [2.45, 2.75) is 33.4 Å². The summed E-state index contributed by atoms with van der Waals surface area (Å²) in [6, 6.07) is 4.83. The first-order valence-corrected chi connectivity index (χ1v) is 9.51. The van der Waals surface area contributed by atoms with E-state index in [0.717, 1.165) is 5.56 Å². The lowest BCUT2D eigenvalue weighted by atomic mass is 10.1. The van der Waals surface area contributed by atoms with Crippen LogP contribution in [0.4, 0.5) is 16.0 Å². The molecule has 2 aromatic heterocycles. The van der Waals surface area contributed by atoms with E-state index in [-0.39, 0.29) is 35.8 Å². The topological polar surface area (TPSA) is 97.8 Å². The Balaban J connectivity index is 1.90. The van der Waals surface area contributed by atoms with Crippen LogP contribution in [0, 0.1) is 12.7 Å². The average molecular weight is 398 g/mol. The molecular formula is C20H23FN6O2. The summed E-state index contributed by atoms with van der Waals surface area (Å²) in [4.78, 5) is 19.4. The molecule has 1 aliphatic rings. The summed E-state index contributed by atoms with van der Waals surface area (Å²) in [5.74, 6) is 0.681. The molecule has 3 heterocycles. The van der Waals surface area contributed by atoms with Gasteiger partial charge < -0.3 is 20.7 Å². The second kappa shape index (κ2) is 7.23. The van der Waals surface area contributed by atoms with Crippen LogP contribution in [-0.4, -0.2) is 39.7 Å². The molecule has 1 aromatic carbocycles. The van der Waals surface area contributed by atoms with Crippen LogP contribution in [0.3, 0.4) is 0 Å². The minimum atomic E-state index is -0.365. The molecule has 9 heteroatoms. The number of nitrogen functional groups attached to an aromatic ring is 1. The van der Waals surface area contributed by atoms with Crippen molar-refractivity contribution in [3.05, 3.63) is 46.9 Å². The third-order valence-corrected chi connectivity index (χ3v) is 5.15. The van der Waals surface area contributed by atoms with Gasteiger partial charge in [0.2, 0.25) is 0 Å². The molecule has 0 saturated carbocycles. The average Bonchev–Trinajstić information content (AvgIpc) is 3.03. The maximum atomic E-state index is 14.3. The quantitative estimate of drug-likeness (QED) is 0.653. The van der Waals surface area contributed by atoms with E-state index in [2.05, 4.69) is 15.4 Å². The third-order valence-electron chi connectivity index (χ3n) is 5.15. The fourth-order valence-electron chi connectivity index (χ4n) is 3.47. The van der Waals surface area contributed by atoms with Crippen molar-refractivity contribution in [3.63, 3.8) is 0 Å². The fourth-order valence-corrected chi connectivity index (χ4v) is 3.47. The van der Waals surface area contributed by atoms with E-state index >= 15 is 0 Å². The molecule has 4 rings (SSSR count). The number of benzene rings is 1. The molecule has 1 atom stereocenters. The molecule has 0 unspecified atom stereocenters. The molecule has 0 fully saturated rings. The standard InChI is InChI=1S/C20H23FN6O2/c1-4-26-10-13-12(3)14(21)5-6-15(13)29-11(2)9-23-20(28)17-18(22)25-27-8-7-16(26)24-19(17)27/h5-8,11H,4,9-10H2,1-3H3,(H2,22,25)(H,23,28)/t11-/m0/s1. The second-order valence-corrected chi connectivity index (χ2v) is 7.12. The highest BCUT2D eigenvalue weighted by atomic mass is 19.1. The van der Waals surface area contributed by atoms with Crippen LogP contribution < -0.4 is 20.7 Å². The molecule has 1 aliphatic heterocycles. The molecule has 0 saturated heterocycles. The molecule has 1 amide bonds. The Kier molecular flexibility index (Phi) is 4.73. The summed E-state index contributed by atoms with van der Waals surface area (Å²) < 4.78 is 21.8. The number of carbonyl (C=O) groups is 1. The van der Waals surface area contributed by atoms with Crippen LogP contribution in [-0.2, 0) is 6.54 Å². The minimum Gasteiger partial charge on any atom is -0.489 e. The number of hydrogen-bond acceptors (Lipinski definition) is 6. The predicted octanol–water partition coefficient (Wildman–Crippen LogP) is 2.30. The highest BCUT2D eigenvalue weighted by Gasteiger charge is 2.23. The van der Waals surface area contributed by atoms with Crippen LogP contribution in [0.5, 0.6) is 5.75 Å². The summed E-state index contributed by atoms with van der Waals surface area (Å²) in [5, 5.41) is 7.00. The lowest BCUT2D eigenvalue weighted by molar-refractivity contribution is 0.0934. The van der Waals surface area contributed by atoms with Crippen molar-refractivity contribution in [2.24, 2.45) is 0 Å². The zero-order valence-electron chi connectivity index (χ0n) is 16.6. The highest BCUT2D eigenvalue weighted by molar-refractivity contribution is 6.04. The van der Waals surface area contributed by atoms with Gasteiger partial charge in [0.1, 0.15) is 29.1 Å². The Hall–Kier alpha value is -3.36. The maximum Gasteiger partial charge on any atom is 0.259 e. The molecule has 29 heavy (non-hydrogen) atoms. The van der Waals surface area contributed by atoms with E-state index in [4.69, 9.17) is 10.5 Å². The number of anilines is 2. The highest BCUT2D eigenvalue weighted by Crippen LogP contribution is 2.29. The molecule has 8 nitrogen and oxygen atoms in total. The number of aromatic nitrogens is 3. The monoisotopic (exact) mass is 398 g/mol. The molecule has 3 aromatic rings. The SMILES string of the molecule is CCN1Cc2c(ccc(F)c2C)O[C@@H](C)CNC(=O)c2c(N)nn3ccc1nc23. The zero-order chi connectivity index (χ0) is 20.7. The van der Waals surface area contributed by atoms with E-state index in [0.29, 0.717) is 35.9 Å². The molecule has 0 radical (unpaired) electrons. The van der Waals surface area contributed by atoms with E-state index < -0.39 is 0 Å². The van der Waals surface area contributed by atoms with E-state index in [9.17, 15) is 9.18 Å². The van der Waals surface area contributed by atoms with Gasteiger partial charge in [0.05, 0.1) is 6.54 Å². The fraction of sp³-hybridized carbons (Fsp3) is 0.350.